The monoisotopic (exact) mass is 357 g/mol. The number of hydrogen-bond acceptors (Lipinski definition) is 3. The Labute approximate surface area is 156 Å². The predicted octanol–water partition coefficient (Wildman–Crippen LogP) is 3.96. The summed E-state index contributed by atoms with van der Waals surface area (Å²) in [7, 11) is 1.86. The number of urea groups is 1. The van der Waals surface area contributed by atoms with Crippen molar-refractivity contribution >= 4 is 22.6 Å². The molecule has 2 aromatic carbocycles. The van der Waals surface area contributed by atoms with Crippen LogP contribution in [0.3, 0.4) is 0 Å². The molecule has 0 radical (unpaired) electrons. The van der Waals surface area contributed by atoms with E-state index in [-0.39, 0.29) is 6.03 Å². The fourth-order valence-electron chi connectivity index (χ4n) is 2.98. The van der Waals surface area contributed by atoms with Crippen molar-refractivity contribution in [2.45, 2.75) is 6.54 Å². The Hall–Kier alpha value is -3.67. The quantitative estimate of drug-likeness (QED) is 0.581. The molecule has 2 amide bonds. The van der Waals surface area contributed by atoms with Crippen molar-refractivity contribution in [1.82, 2.24) is 20.1 Å². The molecule has 0 aliphatic carbocycles. The molecule has 27 heavy (non-hydrogen) atoms. The number of fused-ring (bicyclic) bond motifs is 1. The molecule has 0 aliphatic heterocycles. The topological polar surface area (TPSA) is 71.8 Å². The van der Waals surface area contributed by atoms with Crippen LogP contribution in [-0.4, -0.2) is 20.8 Å². The molecular formula is C21H19N5O. The molecule has 6 heteroatoms. The van der Waals surface area contributed by atoms with Gasteiger partial charge in [0.1, 0.15) is 0 Å². The van der Waals surface area contributed by atoms with Crippen LogP contribution in [0.5, 0.6) is 0 Å². The number of hydrogen-bond donors (Lipinski definition) is 2. The van der Waals surface area contributed by atoms with Crippen LogP contribution in [0.2, 0.25) is 0 Å². The van der Waals surface area contributed by atoms with Crippen molar-refractivity contribution in [2.75, 3.05) is 5.32 Å². The first-order chi connectivity index (χ1) is 13.2. The largest absolute Gasteiger partial charge is 0.334 e. The minimum absolute atomic E-state index is 0.286. The minimum Gasteiger partial charge on any atom is -0.334 e. The van der Waals surface area contributed by atoms with E-state index in [1.807, 2.05) is 61.8 Å². The van der Waals surface area contributed by atoms with Gasteiger partial charge in [-0.05, 0) is 23.1 Å². The summed E-state index contributed by atoms with van der Waals surface area (Å²) < 4.78 is 1.75. The Kier molecular flexibility index (Phi) is 4.53. The summed E-state index contributed by atoms with van der Waals surface area (Å²) in [5.41, 5.74) is 2.97. The molecule has 0 spiro atoms. The van der Waals surface area contributed by atoms with E-state index in [4.69, 9.17) is 0 Å². The highest BCUT2D eigenvalue weighted by molar-refractivity contribution is 5.90. The number of nitrogens with one attached hydrogen (secondary N) is 2. The van der Waals surface area contributed by atoms with Crippen molar-refractivity contribution in [1.29, 1.82) is 0 Å². The molecule has 0 saturated carbocycles. The maximum absolute atomic E-state index is 12.1. The first kappa shape index (κ1) is 16.8. The van der Waals surface area contributed by atoms with Gasteiger partial charge in [-0.3, -0.25) is 15.0 Å². The van der Waals surface area contributed by atoms with Gasteiger partial charge in [-0.15, -0.1) is 0 Å². The summed E-state index contributed by atoms with van der Waals surface area (Å²) >= 11 is 0. The second-order valence-corrected chi connectivity index (χ2v) is 6.27. The van der Waals surface area contributed by atoms with Gasteiger partial charge in [0, 0.05) is 43.0 Å². The number of rotatable bonds is 4. The fraction of sp³-hybridized carbons (Fsp3) is 0.0952. The standard InChI is InChI=1S/C21H19N5O/c1-26-19(17-8-7-16-9-10-22-14-18(16)11-17)12-20(25-26)24-21(27)23-13-15-5-3-2-4-6-15/h2-12,14H,13H2,1H3,(H2,23,24,25,27). The van der Waals surface area contributed by atoms with Crippen molar-refractivity contribution in [3.8, 4) is 11.3 Å². The zero-order chi connectivity index (χ0) is 18.6. The lowest BCUT2D eigenvalue weighted by molar-refractivity contribution is 0.251. The van der Waals surface area contributed by atoms with Crippen molar-refractivity contribution in [3.63, 3.8) is 0 Å². The van der Waals surface area contributed by atoms with Crippen LogP contribution in [0, 0.1) is 0 Å². The highest BCUT2D eigenvalue weighted by atomic mass is 16.2. The molecule has 6 nitrogen and oxygen atoms in total. The fourth-order valence-corrected chi connectivity index (χ4v) is 2.98. The maximum atomic E-state index is 12.1. The molecule has 0 saturated heterocycles. The predicted molar refractivity (Wildman–Crippen MR) is 106 cm³/mol. The van der Waals surface area contributed by atoms with E-state index in [1.54, 1.807) is 10.9 Å². The molecular weight excluding hydrogens is 338 g/mol. The van der Waals surface area contributed by atoms with E-state index in [1.165, 1.54) is 0 Å². The van der Waals surface area contributed by atoms with Crippen LogP contribution in [0.25, 0.3) is 22.0 Å². The SMILES string of the molecule is Cn1nc(NC(=O)NCc2ccccc2)cc1-c1ccc2ccncc2c1. The molecule has 0 atom stereocenters. The lowest BCUT2D eigenvalue weighted by Gasteiger charge is -2.05. The van der Waals surface area contributed by atoms with E-state index >= 15 is 0 Å². The maximum Gasteiger partial charge on any atom is 0.320 e. The Morgan fingerprint density at radius 2 is 1.89 bits per heavy atom. The van der Waals surface area contributed by atoms with Crippen LogP contribution >= 0.6 is 0 Å². The van der Waals surface area contributed by atoms with Gasteiger partial charge in [0.15, 0.2) is 5.82 Å². The summed E-state index contributed by atoms with van der Waals surface area (Å²) in [6.07, 6.45) is 3.62. The normalized spacial score (nSPS) is 10.7. The molecule has 134 valence electrons. The van der Waals surface area contributed by atoms with Gasteiger partial charge in [-0.1, -0.05) is 42.5 Å². The van der Waals surface area contributed by atoms with Gasteiger partial charge in [0.25, 0.3) is 0 Å². The summed E-state index contributed by atoms with van der Waals surface area (Å²) in [5.74, 6) is 0.504. The first-order valence-electron chi connectivity index (χ1n) is 8.66. The number of aryl methyl sites for hydroxylation is 1. The van der Waals surface area contributed by atoms with Crippen LogP contribution in [0.1, 0.15) is 5.56 Å². The summed E-state index contributed by atoms with van der Waals surface area (Å²) in [6.45, 7) is 0.462. The van der Waals surface area contributed by atoms with Crippen LogP contribution in [0.4, 0.5) is 10.6 Å². The molecule has 2 aromatic heterocycles. The zero-order valence-corrected chi connectivity index (χ0v) is 14.9. The molecule has 2 N–H and O–H groups in total. The number of anilines is 1. The van der Waals surface area contributed by atoms with Gasteiger partial charge < -0.3 is 5.32 Å². The molecule has 0 aliphatic rings. The minimum atomic E-state index is -0.286. The third-order valence-corrected chi connectivity index (χ3v) is 4.35. The van der Waals surface area contributed by atoms with Crippen LogP contribution < -0.4 is 10.6 Å². The third-order valence-electron chi connectivity index (χ3n) is 4.35. The lowest BCUT2D eigenvalue weighted by atomic mass is 10.1. The second-order valence-electron chi connectivity index (χ2n) is 6.27. The summed E-state index contributed by atoms with van der Waals surface area (Å²) in [5, 5.41) is 12.2. The van der Waals surface area contributed by atoms with E-state index in [0.29, 0.717) is 12.4 Å². The second kappa shape index (κ2) is 7.29. The Morgan fingerprint density at radius 3 is 2.74 bits per heavy atom. The smallest absolute Gasteiger partial charge is 0.320 e. The van der Waals surface area contributed by atoms with Crippen molar-refractivity contribution in [3.05, 3.63) is 78.6 Å². The average Bonchev–Trinajstić information content (AvgIpc) is 3.07. The third kappa shape index (κ3) is 3.79. The first-order valence-corrected chi connectivity index (χ1v) is 8.66. The van der Waals surface area contributed by atoms with Gasteiger partial charge in [0.2, 0.25) is 0 Å². The molecule has 4 rings (SSSR count). The number of benzene rings is 2. The number of aromatic nitrogens is 3. The van der Waals surface area contributed by atoms with Gasteiger partial charge in [-0.2, -0.15) is 5.10 Å². The van der Waals surface area contributed by atoms with Crippen molar-refractivity contribution in [2.24, 2.45) is 7.05 Å². The Bertz CT molecular complexity index is 1090. The molecule has 2 heterocycles. The molecule has 0 unspecified atom stereocenters. The van der Waals surface area contributed by atoms with Gasteiger partial charge >= 0.3 is 6.03 Å². The number of carbonyl (C=O) groups excluding carboxylic acids is 1. The van der Waals surface area contributed by atoms with E-state index in [2.05, 4.69) is 32.8 Å². The summed E-state index contributed by atoms with van der Waals surface area (Å²) in [4.78, 5) is 16.3. The number of pyridine rings is 1. The Balaban J connectivity index is 1.48. The number of carbonyl (C=O) groups is 1. The van der Waals surface area contributed by atoms with Crippen LogP contribution in [-0.2, 0) is 13.6 Å². The summed E-state index contributed by atoms with van der Waals surface area (Å²) in [6, 6.07) is 19.5. The molecule has 0 bridgehead atoms. The number of amides is 2. The molecule has 4 aromatic rings. The molecule has 0 fully saturated rings. The average molecular weight is 357 g/mol. The zero-order valence-electron chi connectivity index (χ0n) is 14.9. The Morgan fingerprint density at radius 1 is 1.04 bits per heavy atom. The highest BCUT2D eigenvalue weighted by Gasteiger charge is 2.10. The van der Waals surface area contributed by atoms with Gasteiger partial charge in [-0.25, -0.2) is 4.79 Å². The van der Waals surface area contributed by atoms with E-state index in [0.717, 1.165) is 27.6 Å². The van der Waals surface area contributed by atoms with Crippen molar-refractivity contribution < 1.29 is 4.79 Å². The van der Waals surface area contributed by atoms with Crippen LogP contribution in [0.15, 0.2) is 73.1 Å². The number of nitrogens with zero attached hydrogens (tertiary/aromatic N) is 3. The lowest BCUT2D eigenvalue weighted by Crippen LogP contribution is -2.28. The highest BCUT2D eigenvalue weighted by Crippen LogP contribution is 2.25. The van der Waals surface area contributed by atoms with Gasteiger partial charge in [0.05, 0.1) is 5.69 Å². The van der Waals surface area contributed by atoms with E-state index < -0.39 is 0 Å². The van der Waals surface area contributed by atoms with E-state index in [9.17, 15) is 4.79 Å².